The van der Waals surface area contributed by atoms with Crippen molar-refractivity contribution in [1.82, 2.24) is 4.90 Å². The summed E-state index contributed by atoms with van der Waals surface area (Å²) in [4.78, 5) is 2.13. The Morgan fingerprint density at radius 1 is 1.44 bits per heavy atom. The van der Waals surface area contributed by atoms with Gasteiger partial charge in [-0.2, -0.15) is 0 Å². The standard InChI is InChI=1S/C12H18N2O2/c1-14-7-11(15)6-10(14)8-16-12-4-2-9(13)3-5-12/h2-5,10-11,15H,6-8,13H2,1H3/t10-,11+/m0/s1. The van der Waals surface area contributed by atoms with E-state index in [1.165, 1.54) is 0 Å². The van der Waals surface area contributed by atoms with Gasteiger partial charge in [0.25, 0.3) is 0 Å². The summed E-state index contributed by atoms with van der Waals surface area (Å²) in [5.41, 5.74) is 6.33. The van der Waals surface area contributed by atoms with Crippen molar-refractivity contribution in [3.8, 4) is 5.75 Å². The Bertz CT molecular complexity index is 339. The number of benzene rings is 1. The van der Waals surface area contributed by atoms with Crippen molar-refractivity contribution in [2.45, 2.75) is 18.6 Å². The summed E-state index contributed by atoms with van der Waals surface area (Å²) in [6.07, 6.45) is 0.566. The first-order valence-electron chi connectivity index (χ1n) is 5.52. The van der Waals surface area contributed by atoms with E-state index in [1.807, 2.05) is 31.3 Å². The average molecular weight is 222 g/mol. The van der Waals surface area contributed by atoms with Gasteiger partial charge in [0.15, 0.2) is 0 Å². The van der Waals surface area contributed by atoms with Crippen molar-refractivity contribution in [2.75, 3.05) is 25.9 Å². The van der Waals surface area contributed by atoms with Gasteiger partial charge in [0.1, 0.15) is 12.4 Å². The minimum atomic E-state index is -0.218. The summed E-state index contributed by atoms with van der Waals surface area (Å²) in [7, 11) is 2.01. The molecule has 1 aromatic rings. The van der Waals surface area contributed by atoms with E-state index in [9.17, 15) is 5.11 Å². The molecule has 0 radical (unpaired) electrons. The number of β-amino-alcohol motifs (C(OH)–C–C–N with tert-alkyl or cyclic N) is 1. The maximum absolute atomic E-state index is 9.49. The maximum atomic E-state index is 9.49. The molecule has 1 aromatic carbocycles. The van der Waals surface area contributed by atoms with Crippen molar-refractivity contribution >= 4 is 5.69 Å². The molecule has 2 atom stereocenters. The molecular weight excluding hydrogens is 204 g/mol. The predicted molar refractivity (Wildman–Crippen MR) is 63.4 cm³/mol. The van der Waals surface area contributed by atoms with Crippen LogP contribution in [0.1, 0.15) is 6.42 Å². The first-order chi connectivity index (χ1) is 7.65. The van der Waals surface area contributed by atoms with Gasteiger partial charge in [0, 0.05) is 18.3 Å². The van der Waals surface area contributed by atoms with E-state index < -0.39 is 0 Å². The second-order valence-corrected chi connectivity index (χ2v) is 4.36. The molecular formula is C12H18N2O2. The number of aliphatic hydroxyl groups is 1. The zero-order chi connectivity index (χ0) is 11.5. The van der Waals surface area contributed by atoms with E-state index in [1.54, 1.807) is 0 Å². The highest BCUT2D eigenvalue weighted by atomic mass is 16.5. The molecule has 88 valence electrons. The number of anilines is 1. The minimum Gasteiger partial charge on any atom is -0.492 e. The molecule has 16 heavy (non-hydrogen) atoms. The molecule has 0 bridgehead atoms. The normalized spacial score (nSPS) is 25.9. The molecule has 0 aliphatic carbocycles. The lowest BCUT2D eigenvalue weighted by Gasteiger charge is -2.19. The van der Waals surface area contributed by atoms with Gasteiger partial charge in [0.2, 0.25) is 0 Å². The van der Waals surface area contributed by atoms with Crippen molar-refractivity contribution in [2.24, 2.45) is 0 Å². The number of likely N-dealkylation sites (N-methyl/N-ethyl adjacent to an activating group) is 1. The molecule has 4 heteroatoms. The molecule has 1 saturated heterocycles. The van der Waals surface area contributed by atoms with Gasteiger partial charge in [-0.15, -0.1) is 0 Å². The van der Waals surface area contributed by atoms with Crippen LogP contribution in [0.25, 0.3) is 0 Å². The minimum absolute atomic E-state index is 0.218. The van der Waals surface area contributed by atoms with Crippen LogP contribution in [0, 0.1) is 0 Å². The summed E-state index contributed by atoms with van der Waals surface area (Å²) >= 11 is 0. The summed E-state index contributed by atoms with van der Waals surface area (Å²) in [6, 6.07) is 7.67. The van der Waals surface area contributed by atoms with E-state index in [0.29, 0.717) is 12.6 Å². The molecule has 1 aliphatic rings. The van der Waals surface area contributed by atoms with Gasteiger partial charge < -0.3 is 15.6 Å². The molecule has 0 saturated carbocycles. The SMILES string of the molecule is CN1C[C@H](O)C[C@H]1COc1ccc(N)cc1. The van der Waals surface area contributed by atoms with Crippen molar-refractivity contribution in [3.63, 3.8) is 0 Å². The Kier molecular flexibility index (Phi) is 3.31. The number of nitrogens with zero attached hydrogens (tertiary/aromatic N) is 1. The van der Waals surface area contributed by atoms with Gasteiger partial charge in [0.05, 0.1) is 6.10 Å². The number of ether oxygens (including phenoxy) is 1. The fourth-order valence-corrected chi connectivity index (χ4v) is 2.00. The molecule has 1 aliphatic heterocycles. The Morgan fingerprint density at radius 2 is 2.12 bits per heavy atom. The second kappa shape index (κ2) is 4.72. The Labute approximate surface area is 95.6 Å². The van der Waals surface area contributed by atoms with Gasteiger partial charge >= 0.3 is 0 Å². The Balaban J connectivity index is 1.85. The third-order valence-electron chi connectivity index (χ3n) is 2.99. The molecule has 3 N–H and O–H groups in total. The highest BCUT2D eigenvalue weighted by Crippen LogP contribution is 2.18. The number of rotatable bonds is 3. The number of likely N-dealkylation sites (tertiary alicyclic amines) is 1. The van der Waals surface area contributed by atoms with Gasteiger partial charge in [-0.3, -0.25) is 4.90 Å². The summed E-state index contributed by atoms with van der Waals surface area (Å²) in [6.45, 7) is 1.34. The van der Waals surface area contributed by atoms with Crippen LogP contribution in [-0.4, -0.2) is 42.4 Å². The zero-order valence-corrected chi connectivity index (χ0v) is 9.47. The van der Waals surface area contributed by atoms with Crippen LogP contribution in [0.4, 0.5) is 5.69 Å². The summed E-state index contributed by atoms with van der Waals surface area (Å²) in [5, 5.41) is 9.49. The monoisotopic (exact) mass is 222 g/mol. The van der Waals surface area contributed by atoms with Gasteiger partial charge in [-0.25, -0.2) is 0 Å². The number of hydrogen-bond donors (Lipinski definition) is 2. The molecule has 0 unspecified atom stereocenters. The highest BCUT2D eigenvalue weighted by Gasteiger charge is 2.28. The number of nitrogens with two attached hydrogens (primary N) is 1. The maximum Gasteiger partial charge on any atom is 0.119 e. The van der Waals surface area contributed by atoms with E-state index >= 15 is 0 Å². The van der Waals surface area contributed by atoms with Crippen LogP contribution in [0.15, 0.2) is 24.3 Å². The first-order valence-corrected chi connectivity index (χ1v) is 5.52. The summed E-state index contributed by atoms with van der Waals surface area (Å²) < 4.78 is 5.66. The topological polar surface area (TPSA) is 58.7 Å². The van der Waals surface area contributed by atoms with Crippen molar-refractivity contribution in [3.05, 3.63) is 24.3 Å². The fraction of sp³-hybridized carbons (Fsp3) is 0.500. The van der Waals surface area contributed by atoms with Gasteiger partial charge in [-0.1, -0.05) is 0 Å². The number of hydrogen-bond acceptors (Lipinski definition) is 4. The molecule has 0 spiro atoms. The lowest BCUT2D eigenvalue weighted by molar-refractivity contribution is 0.182. The van der Waals surface area contributed by atoms with Crippen LogP contribution in [0.3, 0.4) is 0 Å². The Morgan fingerprint density at radius 3 is 2.69 bits per heavy atom. The van der Waals surface area contributed by atoms with Gasteiger partial charge in [-0.05, 0) is 37.7 Å². The van der Waals surface area contributed by atoms with Crippen molar-refractivity contribution < 1.29 is 9.84 Å². The largest absolute Gasteiger partial charge is 0.492 e. The number of nitrogen functional groups attached to an aromatic ring is 1. The quantitative estimate of drug-likeness (QED) is 0.740. The molecule has 1 fully saturated rings. The van der Waals surface area contributed by atoms with Crippen molar-refractivity contribution in [1.29, 1.82) is 0 Å². The van der Waals surface area contributed by atoms with E-state index in [2.05, 4.69) is 4.90 Å². The van der Waals surface area contributed by atoms with Crippen LogP contribution in [-0.2, 0) is 0 Å². The van der Waals surface area contributed by atoms with Crippen LogP contribution >= 0.6 is 0 Å². The summed E-state index contributed by atoms with van der Waals surface area (Å²) in [5.74, 6) is 0.823. The average Bonchev–Trinajstić information content (AvgIpc) is 2.57. The smallest absolute Gasteiger partial charge is 0.119 e. The van der Waals surface area contributed by atoms with E-state index in [0.717, 1.165) is 24.4 Å². The van der Waals surface area contributed by atoms with E-state index in [-0.39, 0.29) is 6.10 Å². The fourth-order valence-electron chi connectivity index (χ4n) is 2.00. The molecule has 0 aromatic heterocycles. The molecule has 4 nitrogen and oxygen atoms in total. The third-order valence-corrected chi connectivity index (χ3v) is 2.99. The first kappa shape index (κ1) is 11.2. The van der Waals surface area contributed by atoms with Crippen LogP contribution in [0.5, 0.6) is 5.75 Å². The predicted octanol–water partition coefficient (Wildman–Crippen LogP) is 0.713. The number of aliphatic hydroxyl groups excluding tert-OH is 1. The molecule has 1 heterocycles. The van der Waals surface area contributed by atoms with Crippen LogP contribution < -0.4 is 10.5 Å². The molecule has 2 rings (SSSR count). The second-order valence-electron chi connectivity index (χ2n) is 4.36. The lowest BCUT2D eigenvalue weighted by Crippen LogP contribution is -2.30. The Hall–Kier alpha value is -1.26. The third kappa shape index (κ3) is 2.65. The van der Waals surface area contributed by atoms with Crippen LogP contribution in [0.2, 0.25) is 0 Å². The highest BCUT2D eigenvalue weighted by molar-refractivity contribution is 5.41. The zero-order valence-electron chi connectivity index (χ0n) is 9.47. The lowest BCUT2D eigenvalue weighted by atomic mass is 10.2. The van der Waals surface area contributed by atoms with E-state index in [4.69, 9.17) is 10.5 Å². The molecule has 0 amide bonds.